The van der Waals surface area contributed by atoms with Crippen LogP contribution in [0.3, 0.4) is 0 Å². The van der Waals surface area contributed by atoms with E-state index in [9.17, 15) is 9.59 Å². The molecule has 1 aliphatic heterocycles. The maximum Gasteiger partial charge on any atom is 0.246 e. The second kappa shape index (κ2) is 9.59. The molecule has 0 unspecified atom stereocenters. The number of aryl methyl sites for hydroxylation is 1. The fraction of sp³-hybridized carbons (Fsp3) is 0.286. The number of fused-ring (bicyclic) bond motifs is 3. The molecule has 2 amide bonds. The summed E-state index contributed by atoms with van der Waals surface area (Å²) >= 11 is 0. The van der Waals surface area contributed by atoms with Crippen molar-refractivity contribution in [1.82, 2.24) is 14.8 Å². The number of piperidine rings is 1. The van der Waals surface area contributed by atoms with Crippen molar-refractivity contribution < 1.29 is 14.0 Å². The zero-order chi connectivity index (χ0) is 23.5. The SMILES string of the molecule is CCn1c2ccccc2c2cc(/C=C/C(=O)N3CCC(C(=O)NCc4ccco4)CC3)ccc21. The Morgan fingerprint density at radius 3 is 2.59 bits per heavy atom. The summed E-state index contributed by atoms with van der Waals surface area (Å²) in [5.74, 6) is 0.689. The predicted molar refractivity (Wildman–Crippen MR) is 134 cm³/mol. The molecular formula is C28H29N3O3. The summed E-state index contributed by atoms with van der Waals surface area (Å²) < 4.78 is 7.58. The van der Waals surface area contributed by atoms with E-state index in [2.05, 4.69) is 59.3 Å². The number of carbonyl (C=O) groups is 2. The summed E-state index contributed by atoms with van der Waals surface area (Å²) in [7, 11) is 0. The maximum atomic E-state index is 12.8. The zero-order valence-electron chi connectivity index (χ0n) is 19.4. The number of nitrogens with zero attached hydrogens (tertiary/aromatic N) is 2. The predicted octanol–water partition coefficient (Wildman–Crippen LogP) is 4.98. The average molecular weight is 456 g/mol. The van der Waals surface area contributed by atoms with Crippen molar-refractivity contribution in [2.24, 2.45) is 5.92 Å². The minimum absolute atomic E-state index is 0.00877. The second-order valence-electron chi connectivity index (χ2n) is 8.77. The molecule has 1 aliphatic rings. The molecule has 5 rings (SSSR count). The van der Waals surface area contributed by atoms with E-state index in [1.807, 2.05) is 17.0 Å². The number of hydrogen-bond donors (Lipinski definition) is 1. The molecule has 174 valence electrons. The molecule has 2 aromatic heterocycles. The molecule has 0 spiro atoms. The van der Waals surface area contributed by atoms with Gasteiger partial charge in [-0.3, -0.25) is 9.59 Å². The molecule has 1 N–H and O–H groups in total. The number of benzene rings is 2. The van der Waals surface area contributed by atoms with Gasteiger partial charge in [0, 0.05) is 53.4 Å². The lowest BCUT2D eigenvalue weighted by Gasteiger charge is -2.30. The Morgan fingerprint density at radius 1 is 1.03 bits per heavy atom. The molecule has 0 bridgehead atoms. The normalized spacial score (nSPS) is 14.9. The van der Waals surface area contributed by atoms with Gasteiger partial charge in [-0.15, -0.1) is 0 Å². The largest absolute Gasteiger partial charge is 0.467 e. The zero-order valence-corrected chi connectivity index (χ0v) is 19.4. The van der Waals surface area contributed by atoms with Gasteiger partial charge in [0.05, 0.1) is 12.8 Å². The van der Waals surface area contributed by atoms with E-state index in [4.69, 9.17) is 4.42 Å². The lowest BCUT2D eigenvalue weighted by molar-refractivity contribution is -0.132. The smallest absolute Gasteiger partial charge is 0.246 e. The van der Waals surface area contributed by atoms with Gasteiger partial charge < -0.3 is 19.2 Å². The number of carbonyl (C=O) groups excluding carboxylic acids is 2. The van der Waals surface area contributed by atoms with Crippen LogP contribution in [0, 0.1) is 5.92 Å². The van der Waals surface area contributed by atoms with Crippen molar-refractivity contribution in [1.29, 1.82) is 0 Å². The van der Waals surface area contributed by atoms with Crippen molar-refractivity contribution in [3.63, 3.8) is 0 Å². The molecule has 0 aliphatic carbocycles. The molecule has 0 atom stereocenters. The number of para-hydroxylation sites is 1. The fourth-order valence-electron chi connectivity index (χ4n) is 4.88. The maximum absolute atomic E-state index is 12.8. The first kappa shape index (κ1) is 22.0. The number of furan rings is 1. The van der Waals surface area contributed by atoms with E-state index in [-0.39, 0.29) is 17.7 Å². The molecule has 4 aromatic rings. The van der Waals surface area contributed by atoms with Gasteiger partial charge in [-0.1, -0.05) is 24.3 Å². The van der Waals surface area contributed by atoms with Crippen molar-refractivity contribution in [3.05, 3.63) is 78.3 Å². The molecular weight excluding hydrogens is 426 g/mol. The highest BCUT2D eigenvalue weighted by atomic mass is 16.3. The van der Waals surface area contributed by atoms with Crippen LogP contribution in [-0.2, 0) is 22.7 Å². The van der Waals surface area contributed by atoms with Crippen LogP contribution < -0.4 is 5.32 Å². The molecule has 0 saturated carbocycles. The van der Waals surface area contributed by atoms with E-state index in [0.29, 0.717) is 32.5 Å². The van der Waals surface area contributed by atoms with Crippen LogP contribution in [0.2, 0.25) is 0 Å². The fourth-order valence-corrected chi connectivity index (χ4v) is 4.88. The summed E-state index contributed by atoms with van der Waals surface area (Å²) in [4.78, 5) is 27.0. The molecule has 0 radical (unpaired) electrons. The monoisotopic (exact) mass is 455 g/mol. The van der Waals surface area contributed by atoms with Crippen LogP contribution in [0.4, 0.5) is 0 Å². The molecule has 6 nitrogen and oxygen atoms in total. The van der Waals surface area contributed by atoms with E-state index in [1.165, 1.54) is 21.8 Å². The molecule has 1 fully saturated rings. The van der Waals surface area contributed by atoms with E-state index in [0.717, 1.165) is 17.9 Å². The van der Waals surface area contributed by atoms with Gasteiger partial charge in [-0.05, 0) is 61.7 Å². The Morgan fingerprint density at radius 2 is 1.82 bits per heavy atom. The topological polar surface area (TPSA) is 67.5 Å². The van der Waals surface area contributed by atoms with Crippen molar-refractivity contribution >= 4 is 39.7 Å². The number of hydrogen-bond acceptors (Lipinski definition) is 3. The van der Waals surface area contributed by atoms with Gasteiger partial charge in [0.15, 0.2) is 0 Å². The summed E-state index contributed by atoms with van der Waals surface area (Å²) in [5.41, 5.74) is 3.44. The van der Waals surface area contributed by atoms with Crippen LogP contribution in [0.1, 0.15) is 31.1 Å². The highest BCUT2D eigenvalue weighted by molar-refractivity contribution is 6.08. The minimum Gasteiger partial charge on any atom is -0.467 e. The van der Waals surface area contributed by atoms with Gasteiger partial charge in [0.25, 0.3) is 0 Å². The quantitative estimate of drug-likeness (QED) is 0.417. The van der Waals surface area contributed by atoms with Crippen LogP contribution in [0.15, 0.2) is 71.4 Å². The number of nitrogens with one attached hydrogen (secondary N) is 1. The highest BCUT2D eigenvalue weighted by Crippen LogP contribution is 2.30. The first-order valence-corrected chi connectivity index (χ1v) is 11.9. The van der Waals surface area contributed by atoms with E-state index >= 15 is 0 Å². The number of likely N-dealkylation sites (tertiary alicyclic amines) is 1. The Hall–Kier alpha value is -3.80. The lowest BCUT2D eigenvalue weighted by Crippen LogP contribution is -2.42. The van der Waals surface area contributed by atoms with Crippen LogP contribution in [0.25, 0.3) is 27.9 Å². The Kier molecular flexibility index (Phi) is 6.21. The minimum atomic E-state index is -0.0683. The molecule has 1 saturated heterocycles. The number of aromatic nitrogens is 1. The molecule has 6 heteroatoms. The summed E-state index contributed by atoms with van der Waals surface area (Å²) in [6.45, 7) is 4.64. The molecule has 3 heterocycles. The second-order valence-corrected chi connectivity index (χ2v) is 8.77. The van der Waals surface area contributed by atoms with Gasteiger partial charge in [0.1, 0.15) is 5.76 Å². The van der Waals surface area contributed by atoms with E-state index < -0.39 is 0 Å². The van der Waals surface area contributed by atoms with Crippen LogP contribution in [0.5, 0.6) is 0 Å². The van der Waals surface area contributed by atoms with Crippen LogP contribution >= 0.6 is 0 Å². The van der Waals surface area contributed by atoms with Crippen LogP contribution in [-0.4, -0.2) is 34.4 Å². The van der Waals surface area contributed by atoms with Gasteiger partial charge in [0.2, 0.25) is 11.8 Å². The first-order chi connectivity index (χ1) is 16.6. The Labute approximate surface area is 198 Å². The summed E-state index contributed by atoms with van der Waals surface area (Å²) in [6, 6.07) is 18.4. The summed E-state index contributed by atoms with van der Waals surface area (Å²) in [6.07, 6.45) is 6.48. The Bertz CT molecular complexity index is 1340. The van der Waals surface area contributed by atoms with Crippen molar-refractivity contribution in [2.45, 2.75) is 32.9 Å². The van der Waals surface area contributed by atoms with Gasteiger partial charge in [-0.2, -0.15) is 0 Å². The van der Waals surface area contributed by atoms with Gasteiger partial charge >= 0.3 is 0 Å². The summed E-state index contributed by atoms with van der Waals surface area (Å²) in [5, 5.41) is 5.36. The average Bonchev–Trinajstić information content (AvgIpc) is 3.51. The third kappa shape index (κ3) is 4.36. The third-order valence-electron chi connectivity index (χ3n) is 6.73. The van der Waals surface area contributed by atoms with E-state index in [1.54, 1.807) is 18.4 Å². The molecule has 2 aromatic carbocycles. The lowest BCUT2D eigenvalue weighted by atomic mass is 9.96. The van der Waals surface area contributed by atoms with Gasteiger partial charge in [-0.25, -0.2) is 0 Å². The van der Waals surface area contributed by atoms with Crippen molar-refractivity contribution in [3.8, 4) is 0 Å². The third-order valence-corrected chi connectivity index (χ3v) is 6.73. The molecule has 34 heavy (non-hydrogen) atoms. The highest BCUT2D eigenvalue weighted by Gasteiger charge is 2.26. The number of rotatable bonds is 6. The number of amides is 2. The standard InChI is InChI=1S/C28H29N3O3/c1-2-31-25-8-4-3-7-23(25)24-18-20(9-11-26(24)31)10-12-27(32)30-15-13-21(14-16-30)28(33)29-19-22-6-5-17-34-22/h3-12,17-18,21H,2,13-16,19H2,1H3,(H,29,33)/b12-10+. The van der Waals surface area contributed by atoms with Crippen molar-refractivity contribution in [2.75, 3.05) is 13.1 Å². The Balaban J connectivity index is 1.21. The first-order valence-electron chi connectivity index (χ1n) is 11.9.